The number of allylic oxidation sites excluding steroid dienone is 4. The Bertz CT molecular complexity index is 1220. The van der Waals surface area contributed by atoms with E-state index in [9.17, 15) is 0 Å². The summed E-state index contributed by atoms with van der Waals surface area (Å²) in [6.45, 7) is 0. The van der Waals surface area contributed by atoms with Gasteiger partial charge in [0.15, 0.2) is 17.5 Å². The molecule has 4 aromatic rings. The molecule has 1 heterocycles. The van der Waals surface area contributed by atoms with Crippen LogP contribution in [0.5, 0.6) is 0 Å². The van der Waals surface area contributed by atoms with Crippen molar-refractivity contribution in [2.45, 2.75) is 12.8 Å². The summed E-state index contributed by atoms with van der Waals surface area (Å²) >= 11 is 6.25. The molecule has 5 rings (SSSR count). The molecule has 0 unspecified atom stereocenters. The Morgan fingerprint density at radius 2 is 1.10 bits per heavy atom. The highest BCUT2D eigenvalue weighted by molar-refractivity contribution is 6.31. The van der Waals surface area contributed by atoms with Crippen molar-refractivity contribution in [3.8, 4) is 34.2 Å². The molecule has 1 aliphatic rings. The van der Waals surface area contributed by atoms with Crippen LogP contribution in [0.4, 0.5) is 0 Å². The van der Waals surface area contributed by atoms with Gasteiger partial charge in [-0.2, -0.15) is 0 Å². The summed E-state index contributed by atoms with van der Waals surface area (Å²) in [5.41, 5.74) is 5.26. The zero-order chi connectivity index (χ0) is 21.0. The summed E-state index contributed by atoms with van der Waals surface area (Å²) in [6, 6.07) is 28.4. The molecule has 1 aliphatic carbocycles. The zero-order valence-electron chi connectivity index (χ0n) is 16.9. The van der Waals surface area contributed by atoms with E-state index >= 15 is 0 Å². The lowest BCUT2D eigenvalue weighted by Gasteiger charge is -2.13. The standard InChI is InChI=1S/C27H20ClN3/c28-24-16-8-14-22(18-24)21-13-7-15-23(17-21)27-30-25(19-9-3-1-4-10-19)29-26(31-27)20-11-5-2-6-12-20/h1-7,9-13,15-18H,8,14H2. The molecule has 0 aliphatic heterocycles. The van der Waals surface area contributed by atoms with Crippen LogP contribution in [-0.4, -0.2) is 15.0 Å². The second kappa shape index (κ2) is 8.66. The van der Waals surface area contributed by atoms with Gasteiger partial charge in [-0.15, -0.1) is 0 Å². The van der Waals surface area contributed by atoms with E-state index in [1.165, 1.54) is 5.57 Å². The molecule has 150 valence electrons. The first-order chi connectivity index (χ1) is 15.3. The molecule has 0 bridgehead atoms. The number of benzene rings is 3. The van der Waals surface area contributed by atoms with Gasteiger partial charge in [0.05, 0.1) is 0 Å². The Morgan fingerprint density at radius 1 is 0.581 bits per heavy atom. The molecule has 0 atom stereocenters. The lowest BCUT2D eigenvalue weighted by molar-refractivity contribution is 1.05. The lowest BCUT2D eigenvalue weighted by atomic mass is 9.96. The average Bonchev–Trinajstić information content (AvgIpc) is 2.85. The first-order valence-electron chi connectivity index (χ1n) is 10.3. The summed E-state index contributed by atoms with van der Waals surface area (Å²) in [5.74, 6) is 1.99. The highest BCUT2D eigenvalue weighted by Crippen LogP contribution is 2.31. The predicted octanol–water partition coefficient (Wildman–Crippen LogP) is 7.17. The third-order valence-corrected chi connectivity index (χ3v) is 5.52. The van der Waals surface area contributed by atoms with Crippen LogP contribution < -0.4 is 0 Å². The molecule has 1 aromatic heterocycles. The third kappa shape index (κ3) is 4.32. The van der Waals surface area contributed by atoms with Crippen molar-refractivity contribution in [3.63, 3.8) is 0 Å². The van der Waals surface area contributed by atoms with Crippen molar-refractivity contribution in [2.24, 2.45) is 0 Å². The molecule has 0 spiro atoms. The fourth-order valence-electron chi connectivity index (χ4n) is 3.69. The predicted molar refractivity (Wildman–Crippen MR) is 127 cm³/mol. The van der Waals surface area contributed by atoms with Crippen molar-refractivity contribution >= 4 is 17.2 Å². The Morgan fingerprint density at radius 3 is 1.68 bits per heavy atom. The minimum absolute atomic E-state index is 0.660. The van der Waals surface area contributed by atoms with Crippen LogP contribution in [0, 0.1) is 0 Å². The third-order valence-electron chi connectivity index (χ3n) is 5.26. The minimum atomic E-state index is 0.660. The average molecular weight is 422 g/mol. The van der Waals surface area contributed by atoms with Crippen LogP contribution in [0.15, 0.2) is 102 Å². The van der Waals surface area contributed by atoms with Gasteiger partial charge < -0.3 is 0 Å². The Kier molecular flexibility index (Phi) is 5.42. The molecule has 0 radical (unpaired) electrons. The minimum Gasteiger partial charge on any atom is -0.208 e. The van der Waals surface area contributed by atoms with Crippen molar-refractivity contribution in [1.29, 1.82) is 0 Å². The van der Waals surface area contributed by atoms with Gasteiger partial charge in [0.2, 0.25) is 0 Å². The molecule has 0 fully saturated rings. The van der Waals surface area contributed by atoms with E-state index in [-0.39, 0.29) is 0 Å². The summed E-state index contributed by atoms with van der Waals surface area (Å²) in [4.78, 5) is 14.4. The number of nitrogens with zero attached hydrogens (tertiary/aromatic N) is 3. The molecule has 31 heavy (non-hydrogen) atoms. The molecule has 0 saturated carbocycles. The Labute approximate surface area is 186 Å². The van der Waals surface area contributed by atoms with E-state index in [0.717, 1.165) is 40.1 Å². The quantitative estimate of drug-likeness (QED) is 0.350. The molecule has 4 heteroatoms. The van der Waals surface area contributed by atoms with Gasteiger partial charge in [-0.05, 0) is 36.1 Å². The van der Waals surface area contributed by atoms with Gasteiger partial charge in [0.1, 0.15) is 0 Å². The number of hydrogen-bond acceptors (Lipinski definition) is 3. The van der Waals surface area contributed by atoms with Crippen molar-refractivity contribution in [3.05, 3.63) is 108 Å². The second-order valence-electron chi connectivity index (χ2n) is 7.42. The fourth-order valence-corrected chi connectivity index (χ4v) is 3.93. The Hall–Kier alpha value is -3.56. The van der Waals surface area contributed by atoms with Gasteiger partial charge in [0, 0.05) is 21.7 Å². The van der Waals surface area contributed by atoms with Crippen LogP contribution in [0.1, 0.15) is 18.4 Å². The lowest BCUT2D eigenvalue weighted by Crippen LogP contribution is -2.00. The van der Waals surface area contributed by atoms with E-state index in [4.69, 9.17) is 26.6 Å². The molecule has 0 saturated heterocycles. The van der Waals surface area contributed by atoms with Crippen molar-refractivity contribution < 1.29 is 0 Å². The van der Waals surface area contributed by atoms with Gasteiger partial charge >= 0.3 is 0 Å². The second-order valence-corrected chi connectivity index (χ2v) is 7.85. The maximum absolute atomic E-state index is 6.25. The van der Waals surface area contributed by atoms with Crippen LogP contribution in [-0.2, 0) is 0 Å². The van der Waals surface area contributed by atoms with Crippen molar-refractivity contribution in [1.82, 2.24) is 15.0 Å². The van der Waals surface area contributed by atoms with Gasteiger partial charge in [0.25, 0.3) is 0 Å². The van der Waals surface area contributed by atoms with Crippen LogP contribution in [0.3, 0.4) is 0 Å². The number of rotatable bonds is 4. The topological polar surface area (TPSA) is 38.7 Å². The smallest absolute Gasteiger partial charge is 0.164 e. The highest BCUT2D eigenvalue weighted by Gasteiger charge is 2.13. The SMILES string of the molecule is ClC1=CCCC(c2cccc(-c3nc(-c4ccccc4)nc(-c4ccccc4)n3)c2)=C1. The van der Waals surface area contributed by atoms with E-state index in [1.54, 1.807) is 0 Å². The largest absolute Gasteiger partial charge is 0.208 e. The van der Waals surface area contributed by atoms with Crippen molar-refractivity contribution in [2.75, 3.05) is 0 Å². The molecule has 0 amide bonds. The van der Waals surface area contributed by atoms with Crippen LogP contribution >= 0.6 is 11.6 Å². The first-order valence-corrected chi connectivity index (χ1v) is 10.7. The summed E-state index contributed by atoms with van der Waals surface area (Å²) in [5, 5.41) is 0.796. The summed E-state index contributed by atoms with van der Waals surface area (Å²) in [7, 11) is 0. The Balaban J connectivity index is 1.64. The number of aromatic nitrogens is 3. The van der Waals surface area contributed by atoms with Gasteiger partial charge in [-0.25, -0.2) is 15.0 Å². The fraction of sp³-hybridized carbons (Fsp3) is 0.0741. The van der Waals surface area contributed by atoms with Crippen LogP contribution in [0.2, 0.25) is 0 Å². The monoisotopic (exact) mass is 421 g/mol. The molecule has 0 N–H and O–H groups in total. The van der Waals surface area contributed by atoms with Gasteiger partial charge in [-0.1, -0.05) is 96.5 Å². The van der Waals surface area contributed by atoms with Gasteiger partial charge in [-0.3, -0.25) is 0 Å². The zero-order valence-corrected chi connectivity index (χ0v) is 17.6. The number of halogens is 1. The van der Waals surface area contributed by atoms with E-state index < -0.39 is 0 Å². The maximum Gasteiger partial charge on any atom is 0.164 e. The number of hydrogen-bond donors (Lipinski definition) is 0. The molecular formula is C27H20ClN3. The molecule has 3 aromatic carbocycles. The maximum atomic E-state index is 6.25. The normalized spacial score (nSPS) is 13.5. The molecule has 3 nitrogen and oxygen atoms in total. The first kappa shape index (κ1) is 19.4. The highest BCUT2D eigenvalue weighted by atomic mass is 35.5. The van der Waals surface area contributed by atoms with E-state index in [1.807, 2.05) is 78.9 Å². The molecular weight excluding hydrogens is 402 g/mol. The summed E-state index contributed by atoms with van der Waals surface area (Å²) in [6.07, 6.45) is 6.03. The van der Waals surface area contributed by atoms with E-state index in [0.29, 0.717) is 17.5 Å². The van der Waals surface area contributed by atoms with Crippen LogP contribution in [0.25, 0.3) is 39.7 Å². The summed E-state index contributed by atoms with van der Waals surface area (Å²) < 4.78 is 0. The van der Waals surface area contributed by atoms with E-state index in [2.05, 4.69) is 18.2 Å².